The first-order valence-electron chi connectivity index (χ1n) is 5.50. The molecule has 0 spiro atoms. The van der Waals surface area contributed by atoms with E-state index in [1.807, 2.05) is 26.0 Å². The van der Waals surface area contributed by atoms with Gasteiger partial charge < -0.3 is 0 Å². The predicted octanol–water partition coefficient (Wildman–Crippen LogP) is 2.82. The average molecular weight is 375 g/mol. The van der Waals surface area contributed by atoms with Gasteiger partial charge in [-0.15, -0.1) is 0 Å². The molecule has 6 heteroatoms. The summed E-state index contributed by atoms with van der Waals surface area (Å²) in [5.74, 6) is -0.0929. The number of hydrogen-bond donors (Lipinski definition) is 1. The quantitative estimate of drug-likeness (QED) is 0.502. The lowest BCUT2D eigenvalue weighted by molar-refractivity contribution is -0.125. The first-order valence-corrected chi connectivity index (χ1v) is 7.08. The maximum atomic E-state index is 12.0. The van der Waals surface area contributed by atoms with Crippen LogP contribution in [-0.2, 0) is 4.79 Å². The van der Waals surface area contributed by atoms with Crippen molar-refractivity contribution in [2.45, 2.75) is 23.5 Å². The number of hydrazone groups is 1. The Labute approximate surface area is 123 Å². The van der Waals surface area contributed by atoms with Gasteiger partial charge in [-0.2, -0.15) is 5.10 Å². The van der Waals surface area contributed by atoms with Crippen LogP contribution < -0.4 is 5.43 Å². The van der Waals surface area contributed by atoms with Gasteiger partial charge in [-0.1, -0.05) is 31.9 Å². The number of nitrogens with one attached hydrogen (secondary N) is 1. The van der Waals surface area contributed by atoms with E-state index in [0.29, 0.717) is 0 Å². The molecule has 2 rings (SSSR count). The zero-order valence-corrected chi connectivity index (χ0v) is 13.2. The normalized spacial score (nSPS) is 25.7. The first kappa shape index (κ1) is 13.7. The Bertz CT molecular complexity index is 501. The van der Waals surface area contributed by atoms with Gasteiger partial charge in [-0.05, 0) is 32.4 Å². The van der Waals surface area contributed by atoms with Gasteiger partial charge in [-0.3, -0.25) is 9.78 Å². The first-order chi connectivity index (χ1) is 8.37. The van der Waals surface area contributed by atoms with Gasteiger partial charge in [0.2, 0.25) is 5.91 Å². The van der Waals surface area contributed by atoms with E-state index in [0.717, 1.165) is 17.7 Å². The molecular weight excluding hydrogens is 362 g/mol. The van der Waals surface area contributed by atoms with E-state index in [-0.39, 0.29) is 9.14 Å². The summed E-state index contributed by atoms with van der Waals surface area (Å²) in [5.41, 5.74) is 3.85. The van der Waals surface area contributed by atoms with Crippen LogP contribution in [0.1, 0.15) is 25.8 Å². The number of amides is 1. The molecule has 96 valence electrons. The van der Waals surface area contributed by atoms with Crippen LogP contribution in [0.4, 0.5) is 0 Å². The lowest BCUT2D eigenvalue weighted by atomic mass is 10.1. The van der Waals surface area contributed by atoms with Crippen LogP contribution in [0.15, 0.2) is 29.6 Å². The molecule has 1 aliphatic rings. The Balaban J connectivity index is 2.02. The molecule has 18 heavy (non-hydrogen) atoms. The van der Waals surface area contributed by atoms with Crippen molar-refractivity contribution in [2.24, 2.45) is 10.5 Å². The fourth-order valence-electron chi connectivity index (χ4n) is 1.56. The number of carbonyl (C=O) groups is 1. The van der Waals surface area contributed by atoms with E-state index < -0.39 is 5.41 Å². The lowest BCUT2D eigenvalue weighted by Gasteiger charge is -2.10. The van der Waals surface area contributed by atoms with Crippen LogP contribution in [0.5, 0.6) is 0 Å². The molecule has 0 radical (unpaired) electrons. The monoisotopic (exact) mass is 373 g/mol. The Morgan fingerprint density at radius 2 is 2.00 bits per heavy atom. The molecule has 1 amide bonds. The fourth-order valence-corrected chi connectivity index (χ4v) is 3.04. The number of rotatable bonds is 3. The fraction of sp³-hybridized carbons (Fsp3) is 0.417. The molecule has 1 N–H and O–H groups in total. The third-order valence-corrected chi connectivity index (χ3v) is 5.49. The van der Waals surface area contributed by atoms with Crippen molar-refractivity contribution in [2.75, 3.05) is 0 Å². The maximum absolute atomic E-state index is 12.0. The van der Waals surface area contributed by atoms with Crippen LogP contribution in [-0.4, -0.2) is 19.8 Å². The number of nitrogens with zero attached hydrogens (tertiary/aromatic N) is 2. The van der Waals surface area contributed by atoms with Gasteiger partial charge in [0, 0.05) is 18.0 Å². The van der Waals surface area contributed by atoms with Gasteiger partial charge in [0.25, 0.3) is 0 Å². The van der Waals surface area contributed by atoms with E-state index >= 15 is 0 Å². The summed E-state index contributed by atoms with van der Waals surface area (Å²) in [7, 11) is 0. The molecular formula is C12H13Br2N3O. The van der Waals surface area contributed by atoms with Crippen molar-refractivity contribution in [3.8, 4) is 0 Å². The van der Waals surface area contributed by atoms with Crippen molar-refractivity contribution < 1.29 is 4.79 Å². The molecule has 1 aliphatic carbocycles. The molecule has 4 nitrogen and oxygen atoms in total. The number of aromatic nitrogens is 1. The van der Waals surface area contributed by atoms with E-state index in [4.69, 9.17) is 0 Å². The summed E-state index contributed by atoms with van der Waals surface area (Å²) < 4.78 is -0.294. The highest BCUT2D eigenvalue weighted by Gasteiger charge is 2.66. The second-order valence-electron chi connectivity index (χ2n) is 4.59. The number of hydrogen-bond acceptors (Lipinski definition) is 3. The highest BCUT2D eigenvalue weighted by Crippen LogP contribution is 2.66. The molecule has 1 aromatic heterocycles. The highest BCUT2D eigenvalue weighted by molar-refractivity contribution is 9.25. The largest absolute Gasteiger partial charge is 0.272 e. The van der Waals surface area contributed by atoms with Crippen LogP contribution in [0.2, 0.25) is 0 Å². The van der Waals surface area contributed by atoms with E-state index in [1.165, 1.54) is 0 Å². The van der Waals surface area contributed by atoms with Crippen molar-refractivity contribution in [3.05, 3.63) is 30.1 Å². The topological polar surface area (TPSA) is 54.4 Å². The molecule has 1 aromatic rings. The summed E-state index contributed by atoms with van der Waals surface area (Å²) in [5, 5.41) is 4.11. The Hall–Kier alpha value is -0.750. The summed E-state index contributed by atoms with van der Waals surface area (Å²) in [4.78, 5) is 15.9. The number of alkyl halides is 2. The van der Waals surface area contributed by atoms with Crippen molar-refractivity contribution in [1.82, 2.24) is 10.4 Å². The zero-order chi connectivity index (χ0) is 13.4. The second-order valence-corrected chi connectivity index (χ2v) is 8.36. The number of carbonyl (C=O) groups excluding carboxylic acids is 1. The minimum Gasteiger partial charge on any atom is -0.272 e. The second kappa shape index (κ2) is 4.74. The van der Waals surface area contributed by atoms with Gasteiger partial charge in [0.15, 0.2) is 0 Å². The zero-order valence-electron chi connectivity index (χ0n) is 10.1. The maximum Gasteiger partial charge on any atom is 0.248 e. The Kier molecular flexibility index (Phi) is 3.60. The number of halogens is 2. The minimum atomic E-state index is -0.449. The summed E-state index contributed by atoms with van der Waals surface area (Å²) in [6.07, 6.45) is 4.14. The van der Waals surface area contributed by atoms with Crippen LogP contribution >= 0.6 is 31.9 Å². The summed E-state index contributed by atoms with van der Waals surface area (Å²) in [6.45, 7) is 3.74. The lowest BCUT2D eigenvalue weighted by Crippen LogP contribution is -2.30. The molecule has 0 saturated heterocycles. The molecule has 0 aromatic carbocycles. The standard InChI is InChI=1S/C12H13Br2N3O/c1-8(9-3-5-15-6-4-9)16-17-10(18)11(2)7-12(11,13)14/h3-6H,7H2,1-2H3,(H,17,18). The van der Waals surface area contributed by atoms with Crippen molar-refractivity contribution in [1.29, 1.82) is 0 Å². The minimum absolute atomic E-state index is 0.0929. The van der Waals surface area contributed by atoms with Gasteiger partial charge >= 0.3 is 0 Å². The van der Waals surface area contributed by atoms with Gasteiger partial charge in [0.05, 0.1) is 14.4 Å². The third-order valence-electron chi connectivity index (χ3n) is 3.18. The molecule has 1 atom stereocenters. The van der Waals surface area contributed by atoms with E-state index in [9.17, 15) is 4.79 Å². The third kappa shape index (κ3) is 2.49. The van der Waals surface area contributed by atoms with Crippen molar-refractivity contribution in [3.63, 3.8) is 0 Å². The molecule has 1 fully saturated rings. The summed E-state index contributed by atoms with van der Waals surface area (Å²) in [6, 6.07) is 3.70. The van der Waals surface area contributed by atoms with Crippen LogP contribution in [0.25, 0.3) is 0 Å². The number of pyridine rings is 1. The van der Waals surface area contributed by atoms with Crippen molar-refractivity contribution >= 4 is 43.5 Å². The average Bonchev–Trinajstić information content (AvgIpc) is 2.87. The van der Waals surface area contributed by atoms with E-state index in [1.54, 1.807) is 12.4 Å². The predicted molar refractivity (Wildman–Crippen MR) is 77.9 cm³/mol. The summed E-state index contributed by atoms with van der Waals surface area (Å²) >= 11 is 6.92. The van der Waals surface area contributed by atoms with Crippen LogP contribution in [0.3, 0.4) is 0 Å². The smallest absolute Gasteiger partial charge is 0.248 e. The Morgan fingerprint density at radius 3 is 2.50 bits per heavy atom. The molecule has 0 bridgehead atoms. The van der Waals surface area contributed by atoms with Gasteiger partial charge in [-0.25, -0.2) is 5.43 Å². The van der Waals surface area contributed by atoms with Gasteiger partial charge in [0.1, 0.15) is 0 Å². The van der Waals surface area contributed by atoms with E-state index in [2.05, 4.69) is 47.4 Å². The SMILES string of the molecule is CC(=NNC(=O)C1(C)CC1(Br)Br)c1ccncc1. The molecule has 1 heterocycles. The highest BCUT2D eigenvalue weighted by atomic mass is 79.9. The Morgan fingerprint density at radius 1 is 1.44 bits per heavy atom. The molecule has 1 unspecified atom stereocenters. The van der Waals surface area contributed by atoms with Crippen LogP contribution in [0, 0.1) is 5.41 Å². The molecule has 1 saturated carbocycles. The molecule has 0 aliphatic heterocycles.